The minimum Gasteiger partial charge on any atom is -0.340 e. The van der Waals surface area contributed by atoms with Crippen molar-refractivity contribution in [1.29, 1.82) is 0 Å². The highest BCUT2D eigenvalue weighted by molar-refractivity contribution is 5.79. The van der Waals surface area contributed by atoms with Crippen molar-refractivity contribution >= 4 is 17.0 Å². The number of nitrogens with two attached hydrogens (primary N) is 1. The topological polar surface area (TPSA) is 86.0 Å². The Hall–Kier alpha value is -2.62. The maximum absolute atomic E-state index is 13.9. The number of piperidine rings is 1. The van der Waals surface area contributed by atoms with Crippen molar-refractivity contribution in [3.8, 4) is 0 Å². The van der Waals surface area contributed by atoms with Gasteiger partial charge < -0.3 is 19.7 Å². The van der Waals surface area contributed by atoms with Crippen LogP contribution in [0.4, 0.5) is 19.1 Å². The average Bonchev–Trinajstić information content (AvgIpc) is 3.33. The summed E-state index contributed by atoms with van der Waals surface area (Å²) < 4.78 is 48.4. The minimum absolute atomic E-state index is 0.178. The highest BCUT2D eigenvalue weighted by atomic mass is 19.2. The molecule has 0 spiro atoms. The molecule has 7 nitrogen and oxygen atoms in total. The van der Waals surface area contributed by atoms with Gasteiger partial charge in [0.15, 0.2) is 17.5 Å². The predicted octanol–water partition coefficient (Wildman–Crippen LogP) is 2.50. The van der Waals surface area contributed by atoms with E-state index in [4.69, 9.17) is 10.3 Å². The normalized spacial score (nSPS) is 22.9. The van der Waals surface area contributed by atoms with Gasteiger partial charge in [0.25, 0.3) is 0 Å². The van der Waals surface area contributed by atoms with Gasteiger partial charge in [0.2, 0.25) is 11.8 Å². The summed E-state index contributed by atoms with van der Waals surface area (Å²) in [4.78, 5) is 10.7. The summed E-state index contributed by atoms with van der Waals surface area (Å²) in [5.74, 6) is -0.145. The van der Waals surface area contributed by atoms with E-state index >= 15 is 0 Å². The number of anilines is 1. The molecule has 1 aliphatic heterocycles. The van der Waals surface area contributed by atoms with E-state index < -0.39 is 23.8 Å². The molecule has 0 unspecified atom stereocenters. The van der Waals surface area contributed by atoms with Crippen molar-refractivity contribution < 1.29 is 17.7 Å². The molecule has 2 atom stereocenters. The highest BCUT2D eigenvalue weighted by Gasteiger charge is 2.31. The van der Waals surface area contributed by atoms with Crippen LogP contribution in [0, 0.1) is 11.6 Å². The maximum atomic E-state index is 13.9. The molecule has 28 heavy (non-hydrogen) atoms. The first-order valence-corrected chi connectivity index (χ1v) is 9.32. The number of benzene rings is 1. The van der Waals surface area contributed by atoms with E-state index in [-0.39, 0.29) is 19.5 Å². The summed E-state index contributed by atoms with van der Waals surface area (Å²) >= 11 is 0. The summed E-state index contributed by atoms with van der Waals surface area (Å²) in [5.41, 5.74) is 6.59. The molecule has 0 bridgehead atoms. The third-order valence-electron chi connectivity index (χ3n) is 5.33. The lowest BCUT2D eigenvalue weighted by Gasteiger charge is -2.33. The Bertz CT molecular complexity index is 1030. The van der Waals surface area contributed by atoms with Crippen LogP contribution in [0.25, 0.3) is 11.0 Å². The Morgan fingerprint density at radius 3 is 2.68 bits per heavy atom. The number of halogens is 3. The summed E-state index contributed by atoms with van der Waals surface area (Å²) in [6.07, 6.45) is 1.24. The van der Waals surface area contributed by atoms with Gasteiger partial charge in [0.05, 0.1) is 23.6 Å². The molecule has 2 N–H and O–H groups in total. The van der Waals surface area contributed by atoms with Gasteiger partial charge in [0, 0.05) is 31.1 Å². The van der Waals surface area contributed by atoms with E-state index in [1.807, 2.05) is 4.90 Å². The molecule has 148 valence electrons. The number of alkyl halides is 1. The fraction of sp³-hybridized carbons (Fsp3) is 0.500. The molecule has 1 aromatic carbocycles. The zero-order chi connectivity index (χ0) is 19.4. The van der Waals surface area contributed by atoms with Gasteiger partial charge in [-0.25, -0.2) is 18.2 Å². The van der Waals surface area contributed by atoms with Crippen molar-refractivity contribution in [1.82, 2.24) is 19.7 Å². The zero-order valence-electron chi connectivity index (χ0n) is 15.0. The highest BCUT2D eigenvalue weighted by Crippen LogP contribution is 2.39. The summed E-state index contributed by atoms with van der Waals surface area (Å²) in [5, 5.41) is 4.01. The Morgan fingerprint density at radius 2 is 1.93 bits per heavy atom. The molecular weight excluding hydrogens is 373 g/mol. The molecule has 2 fully saturated rings. The number of hydrogen-bond donors (Lipinski definition) is 1. The van der Waals surface area contributed by atoms with Gasteiger partial charge in [-0.3, -0.25) is 0 Å². The van der Waals surface area contributed by atoms with Crippen LogP contribution in [0.15, 0.2) is 16.7 Å². The second-order valence-electron chi connectivity index (χ2n) is 7.49. The Morgan fingerprint density at radius 1 is 1.14 bits per heavy atom. The number of fused-ring (bicyclic) bond motifs is 1. The van der Waals surface area contributed by atoms with Crippen LogP contribution in [0.3, 0.4) is 0 Å². The van der Waals surface area contributed by atoms with Crippen LogP contribution in [-0.4, -0.2) is 45.0 Å². The van der Waals surface area contributed by atoms with Crippen molar-refractivity contribution in [2.24, 2.45) is 5.73 Å². The van der Waals surface area contributed by atoms with Gasteiger partial charge in [-0.05, 0) is 19.3 Å². The molecule has 10 heteroatoms. The van der Waals surface area contributed by atoms with Gasteiger partial charge in [-0.1, -0.05) is 5.16 Å². The fourth-order valence-electron chi connectivity index (χ4n) is 3.61. The Balaban J connectivity index is 1.56. The Kier molecular flexibility index (Phi) is 4.04. The van der Waals surface area contributed by atoms with E-state index in [1.54, 1.807) is 4.57 Å². The number of hydrogen-bond acceptors (Lipinski definition) is 6. The standard InChI is InChI=1S/C18H19F3N6O/c19-10-3-4-26(7-13(10)22)18-23-14-5-11(20)12(21)6-15(14)27(18)8-16-24-17(28-25-16)9-1-2-9/h5-6,9-10,13H,1-4,7-8,22H2/t10-,13-/m1/s1. The number of imidazole rings is 1. The molecule has 3 heterocycles. The van der Waals surface area contributed by atoms with E-state index in [2.05, 4.69) is 15.1 Å². The molecular formula is C18H19F3N6O. The van der Waals surface area contributed by atoms with E-state index in [0.717, 1.165) is 25.0 Å². The molecule has 0 radical (unpaired) electrons. The first-order chi connectivity index (χ1) is 13.5. The van der Waals surface area contributed by atoms with Gasteiger partial charge >= 0.3 is 0 Å². The average molecular weight is 392 g/mol. The van der Waals surface area contributed by atoms with Crippen LogP contribution in [0.5, 0.6) is 0 Å². The van der Waals surface area contributed by atoms with Gasteiger partial charge in [-0.2, -0.15) is 4.98 Å². The lowest BCUT2D eigenvalue weighted by Crippen LogP contribution is -2.50. The molecule has 2 aliphatic rings. The van der Waals surface area contributed by atoms with E-state index in [0.29, 0.717) is 41.2 Å². The van der Waals surface area contributed by atoms with Crippen LogP contribution >= 0.6 is 0 Å². The summed E-state index contributed by atoms with van der Waals surface area (Å²) in [7, 11) is 0. The molecule has 1 saturated carbocycles. The molecule has 1 saturated heterocycles. The molecule has 5 rings (SSSR count). The van der Waals surface area contributed by atoms with Crippen molar-refractivity contribution in [2.75, 3.05) is 18.0 Å². The lowest BCUT2D eigenvalue weighted by molar-refractivity contribution is 0.243. The molecule has 2 aromatic heterocycles. The zero-order valence-corrected chi connectivity index (χ0v) is 15.0. The van der Waals surface area contributed by atoms with Crippen molar-refractivity contribution in [2.45, 2.75) is 43.9 Å². The number of rotatable bonds is 4. The third kappa shape index (κ3) is 3.01. The molecule has 3 aromatic rings. The molecule has 1 aliphatic carbocycles. The second kappa shape index (κ2) is 6.47. The maximum Gasteiger partial charge on any atom is 0.229 e. The quantitative estimate of drug-likeness (QED) is 0.734. The van der Waals surface area contributed by atoms with E-state index in [1.165, 1.54) is 0 Å². The fourth-order valence-corrected chi connectivity index (χ4v) is 3.61. The van der Waals surface area contributed by atoms with Crippen LogP contribution in [0.2, 0.25) is 0 Å². The monoisotopic (exact) mass is 392 g/mol. The van der Waals surface area contributed by atoms with Gasteiger partial charge in [0.1, 0.15) is 6.17 Å². The second-order valence-corrected chi connectivity index (χ2v) is 7.49. The number of nitrogens with zero attached hydrogens (tertiary/aromatic N) is 5. The van der Waals surface area contributed by atoms with Crippen LogP contribution in [-0.2, 0) is 6.54 Å². The van der Waals surface area contributed by atoms with E-state index in [9.17, 15) is 13.2 Å². The first kappa shape index (κ1) is 17.5. The Labute approximate surface area is 158 Å². The van der Waals surface area contributed by atoms with Crippen molar-refractivity contribution in [3.05, 3.63) is 35.5 Å². The predicted molar refractivity (Wildman–Crippen MR) is 94.7 cm³/mol. The SMILES string of the molecule is N[C@@H]1CN(c2nc3cc(F)c(F)cc3n2Cc2noc(C3CC3)n2)CC[C@H]1F. The summed E-state index contributed by atoms with van der Waals surface area (Å²) in [6.45, 7) is 0.843. The van der Waals surface area contributed by atoms with Crippen LogP contribution < -0.4 is 10.6 Å². The minimum atomic E-state index is -1.08. The number of aromatic nitrogens is 4. The molecule has 0 amide bonds. The summed E-state index contributed by atoms with van der Waals surface area (Å²) in [6, 6.07) is 1.51. The van der Waals surface area contributed by atoms with Gasteiger partial charge in [-0.15, -0.1) is 0 Å². The smallest absolute Gasteiger partial charge is 0.229 e. The first-order valence-electron chi connectivity index (χ1n) is 9.32. The third-order valence-corrected chi connectivity index (χ3v) is 5.33. The van der Waals surface area contributed by atoms with Crippen LogP contribution in [0.1, 0.15) is 36.9 Å². The largest absolute Gasteiger partial charge is 0.340 e. The lowest BCUT2D eigenvalue weighted by atomic mass is 10.1. The van der Waals surface area contributed by atoms with Crippen molar-refractivity contribution in [3.63, 3.8) is 0 Å².